The molecular formula is C27H39N3O6. The first kappa shape index (κ1) is 26.6. The van der Waals surface area contributed by atoms with Crippen LogP contribution in [-0.4, -0.2) is 71.9 Å². The fourth-order valence-corrected chi connectivity index (χ4v) is 5.98. The van der Waals surface area contributed by atoms with Crippen LogP contribution >= 0.6 is 0 Å². The standard InChI is InChI=1S/C27H39N3O6/c1-3-35-25(33)21(11-7-4-8-18-12-14-28-15-13-18)29-27(2)26(34)36-24-20-10-6-5-9-19(20)16-22(24)30(27)17-23(31)32/h5-6,9-10,18,21-22,24,28-29H,3-4,7-8,11-17H2,1-2H3,(H,31,32)/t21-,22?,24?,27?/m0/s1. The van der Waals surface area contributed by atoms with E-state index in [1.165, 1.54) is 12.8 Å². The molecule has 2 aliphatic heterocycles. The Labute approximate surface area is 212 Å². The molecule has 3 aliphatic rings. The first-order chi connectivity index (χ1) is 17.3. The number of ether oxygens (including phenoxy) is 2. The summed E-state index contributed by atoms with van der Waals surface area (Å²) in [5, 5.41) is 16.3. The van der Waals surface area contributed by atoms with E-state index in [4.69, 9.17) is 9.47 Å². The van der Waals surface area contributed by atoms with Crippen LogP contribution in [0.3, 0.4) is 0 Å². The van der Waals surface area contributed by atoms with E-state index < -0.39 is 35.7 Å². The third kappa shape index (κ3) is 5.74. The smallest absolute Gasteiger partial charge is 0.342 e. The van der Waals surface area contributed by atoms with Gasteiger partial charge in [0.1, 0.15) is 12.1 Å². The molecule has 1 aliphatic carbocycles. The average Bonchev–Trinajstić information content (AvgIpc) is 3.22. The normalized spacial score (nSPS) is 27.1. The molecule has 2 heterocycles. The molecule has 2 saturated heterocycles. The Hall–Kier alpha value is -2.49. The molecule has 4 atom stereocenters. The number of aliphatic carboxylic acids is 1. The number of carbonyl (C=O) groups is 3. The van der Waals surface area contributed by atoms with Crippen molar-refractivity contribution in [3.8, 4) is 0 Å². The van der Waals surface area contributed by atoms with Crippen LogP contribution < -0.4 is 10.6 Å². The second-order valence-electron chi connectivity index (χ2n) is 10.3. The lowest BCUT2D eigenvalue weighted by molar-refractivity contribution is -0.193. The number of hydrogen-bond donors (Lipinski definition) is 3. The third-order valence-corrected chi connectivity index (χ3v) is 7.89. The SMILES string of the molecule is CCOC(=O)[C@H](CCCCC1CCNCC1)NC1(C)C(=O)OC2c3ccccc3CC2N1CC(=O)O. The van der Waals surface area contributed by atoms with E-state index in [0.717, 1.165) is 43.5 Å². The number of benzene rings is 1. The van der Waals surface area contributed by atoms with E-state index in [-0.39, 0.29) is 19.2 Å². The summed E-state index contributed by atoms with van der Waals surface area (Å²) in [5.74, 6) is -1.34. The van der Waals surface area contributed by atoms with Crippen LogP contribution in [0.1, 0.15) is 69.6 Å². The Morgan fingerprint density at radius 3 is 2.75 bits per heavy atom. The highest BCUT2D eigenvalue weighted by atomic mass is 16.6. The number of nitrogens with zero attached hydrogens (tertiary/aromatic N) is 1. The first-order valence-electron chi connectivity index (χ1n) is 13.3. The summed E-state index contributed by atoms with van der Waals surface area (Å²) in [6.45, 7) is 5.37. The summed E-state index contributed by atoms with van der Waals surface area (Å²) >= 11 is 0. The zero-order valence-electron chi connectivity index (χ0n) is 21.3. The molecule has 0 spiro atoms. The topological polar surface area (TPSA) is 117 Å². The number of carbonyl (C=O) groups excluding carboxylic acids is 2. The van der Waals surface area contributed by atoms with Gasteiger partial charge in [0.25, 0.3) is 0 Å². The summed E-state index contributed by atoms with van der Waals surface area (Å²) in [5.41, 5.74) is 0.474. The Kier molecular flexibility index (Phi) is 8.64. The summed E-state index contributed by atoms with van der Waals surface area (Å²) in [4.78, 5) is 39.9. The second kappa shape index (κ2) is 11.7. The van der Waals surface area contributed by atoms with Gasteiger partial charge in [0, 0.05) is 0 Å². The molecule has 9 heteroatoms. The van der Waals surface area contributed by atoms with Gasteiger partial charge in [-0.05, 0) is 69.7 Å². The van der Waals surface area contributed by atoms with Crippen molar-refractivity contribution in [2.45, 2.75) is 82.6 Å². The van der Waals surface area contributed by atoms with E-state index in [9.17, 15) is 19.5 Å². The number of unbranched alkanes of at least 4 members (excludes halogenated alkanes) is 1. The predicted molar refractivity (Wildman–Crippen MR) is 133 cm³/mol. The van der Waals surface area contributed by atoms with Gasteiger partial charge in [-0.3, -0.25) is 19.8 Å². The maximum atomic E-state index is 13.4. The highest BCUT2D eigenvalue weighted by Gasteiger charge is 2.56. The van der Waals surface area contributed by atoms with Crippen molar-refractivity contribution in [1.29, 1.82) is 0 Å². The second-order valence-corrected chi connectivity index (χ2v) is 10.3. The number of morpholine rings is 1. The maximum Gasteiger partial charge on any atom is 0.342 e. The fourth-order valence-electron chi connectivity index (χ4n) is 5.98. The number of piperidine rings is 1. The Morgan fingerprint density at radius 2 is 2.03 bits per heavy atom. The highest BCUT2D eigenvalue weighted by molar-refractivity contribution is 5.84. The lowest BCUT2D eigenvalue weighted by Gasteiger charge is -2.49. The van der Waals surface area contributed by atoms with Crippen LogP contribution in [0.2, 0.25) is 0 Å². The van der Waals surface area contributed by atoms with Gasteiger partial charge >= 0.3 is 17.9 Å². The van der Waals surface area contributed by atoms with Crippen molar-refractivity contribution < 1.29 is 29.0 Å². The van der Waals surface area contributed by atoms with Gasteiger partial charge in [0.2, 0.25) is 0 Å². The molecule has 2 fully saturated rings. The van der Waals surface area contributed by atoms with Crippen LogP contribution in [0.5, 0.6) is 0 Å². The van der Waals surface area contributed by atoms with E-state index in [2.05, 4.69) is 10.6 Å². The fraction of sp³-hybridized carbons (Fsp3) is 0.667. The van der Waals surface area contributed by atoms with Gasteiger partial charge in [-0.25, -0.2) is 4.79 Å². The molecule has 1 aromatic rings. The number of hydrogen-bond acceptors (Lipinski definition) is 8. The van der Waals surface area contributed by atoms with Crippen molar-refractivity contribution >= 4 is 17.9 Å². The molecule has 3 unspecified atom stereocenters. The van der Waals surface area contributed by atoms with Gasteiger partial charge in [-0.1, -0.05) is 43.5 Å². The molecule has 0 aromatic heterocycles. The Morgan fingerprint density at radius 1 is 1.28 bits per heavy atom. The van der Waals surface area contributed by atoms with Crippen LogP contribution in [0.25, 0.3) is 0 Å². The molecule has 0 saturated carbocycles. The molecular weight excluding hydrogens is 462 g/mol. The number of carboxylic acids is 1. The molecule has 0 radical (unpaired) electrons. The van der Waals surface area contributed by atoms with Crippen LogP contribution in [0.15, 0.2) is 24.3 Å². The van der Waals surface area contributed by atoms with E-state index >= 15 is 0 Å². The van der Waals surface area contributed by atoms with Crippen molar-refractivity contribution in [3.63, 3.8) is 0 Å². The van der Waals surface area contributed by atoms with Crippen molar-refractivity contribution in [2.75, 3.05) is 26.2 Å². The minimum atomic E-state index is -1.48. The van der Waals surface area contributed by atoms with Gasteiger partial charge in [0.15, 0.2) is 5.66 Å². The number of fused-ring (bicyclic) bond motifs is 3. The summed E-state index contributed by atoms with van der Waals surface area (Å²) in [6, 6.07) is 6.64. The van der Waals surface area contributed by atoms with Gasteiger partial charge < -0.3 is 19.9 Å². The molecule has 0 bridgehead atoms. The number of esters is 2. The predicted octanol–water partition coefficient (Wildman–Crippen LogP) is 2.39. The molecule has 36 heavy (non-hydrogen) atoms. The molecule has 9 nitrogen and oxygen atoms in total. The molecule has 198 valence electrons. The zero-order chi connectivity index (χ0) is 25.7. The van der Waals surface area contributed by atoms with Crippen LogP contribution in [0.4, 0.5) is 0 Å². The molecule has 3 N–H and O–H groups in total. The lowest BCUT2D eigenvalue weighted by atomic mass is 9.91. The highest BCUT2D eigenvalue weighted by Crippen LogP contribution is 2.43. The minimum Gasteiger partial charge on any atom is -0.480 e. The number of carboxylic acid groups (broad SMARTS) is 1. The summed E-state index contributed by atoms with van der Waals surface area (Å²) in [7, 11) is 0. The first-order valence-corrected chi connectivity index (χ1v) is 13.3. The average molecular weight is 502 g/mol. The van der Waals surface area contributed by atoms with Crippen molar-refractivity contribution in [2.24, 2.45) is 5.92 Å². The van der Waals surface area contributed by atoms with E-state index in [0.29, 0.717) is 18.8 Å². The van der Waals surface area contributed by atoms with Gasteiger partial charge in [-0.15, -0.1) is 0 Å². The van der Waals surface area contributed by atoms with Crippen molar-refractivity contribution in [1.82, 2.24) is 15.5 Å². The van der Waals surface area contributed by atoms with Gasteiger partial charge in [0.05, 0.1) is 19.2 Å². The Balaban J connectivity index is 1.50. The third-order valence-electron chi connectivity index (χ3n) is 7.89. The monoisotopic (exact) mass is 501 g/mol. The lowest BCUT2D eigenvalue weighted by Crippen LogP contribution is -2.72. The van der Waals surface area contributed by atoms with Gasteiger partial charge in [-0.2, -0.15) is 0 Å². The maximum absolute atomic E-state index is 13.4. The van der Waals surface area contributed by atoms with E-state index in [1.54, 1.807) is 18.7 Å². The molecule has 1 aromatic carbocycles. The summed E-state index contributed by atoms with van der Waals surface area (Å²) in [6.07, 6.45) is 5.81. The summed E-state index contributed by atoms with van der Waals surface area (Å²) < 4.78 is 11.2. The van der Waals surface area contributed by atoms with Crippen molar-refractivity contribution in [3.05, 3.63) is 35.4 Å². The molecule has 0 amide bonds. The van der Waals surface area contributed by atoms with E-state index in [1.807, 2.05) is 24.3 Å². The quantitative estimate of drug-likeness (QED) is 0.310. The van der Waals surface area contributed by atoms with Crippen LogP contribution in [-0.2, 0) is 30.3 Å². The number of nitrogens with one attached hydrogen (secondary N) is 2. The zero-order valence-corrected chi connectivity index (χ0v) is 21.3. The molecule has 4 rings (SSSR count). The minimum absolute atomic E-state index is 0.228. The van der Waals surface area contributed by atoms with Crippen LogP contribution in [0, 0.1) is 5.92 Å². The Bertz CT molecular complexity index is 949. The number of rotatable bonds is 11. The largest absolute Gasteiger partial charge is 0.480 e.